The standard InChI is InChI=1S/C12H18N2O3S/c1-18(15,16)17-9-11-7-14-12(8-13-11)10-5-3-2-4-6-10/h7-8,10H,2-6,9H2,1H3. The highest BCUT2D eigenvalue weighted by atomic mass is 32.2. The average Bonchev–Trinajstić information content (AvgIpc) is 2.37. The molecule has 0 aromatic carbocycles. The Kier molecular flexibility index (Phi) is 4.29. The van der Waals surface area contributed by atoms with E-state index in [-0.39, 0.29) is 6.61 Å². The highest BCUT2D eigenvalue weighted by Gasteiger charge is 2.17. The van der Waals surface area contributed by atoms with Crippen molar-refractivity contribution in [2.45, 2.75) is 44.6 Å². The zero-order valence-electron chi connectivity index (χ0n) is 10.5. The summed E-state index contributed by atoms with van der Waals surface area (Å²) in [5.74, 6) is 0.510. The summed E-state index contributed by atoms with van der Waals surface area (Å²) in [5, 5.41) is 0. The van der Waals surface area contributed by atoms with Gasteiger partial charge in [-0.15, -0.1) is 0 Å². The smallest absolute Gasteiger partial charge is 0.264 e. The summed E-state index contributed by atoms with van der Waals surface area (Å²) >= 11 is 0. The van der Waals surface area contributed by atoms with E-state index in [2.05, 4.69) is 14.2 Å². The molecular formula is C12H18N2O3S. The molecule has 2 rings (SSSR count). The first-order valence-corrected chi connectivity index (χ1v) is 8.01. The summed E-state index contributed by atoms with van der Waals surface area (Å²) in [5.41, 5.74) is 1.55. The molecule has 0 N–H and O–H groups in total. The Bertz CT molecular complexity index is 479. The van der Waals surface area contributed by atoms with E-state index in [1.54, 1.807) is 12.4 Å². The van der Waals surface area contributed by atoms with Gasteiger partial charge in [0.15, 0.2) is 0 Å². The monoisotopic (exact) mass is 270 g/mol. The summed E-state index contributed by atoms with van der Waals surface area (Å²) in [4.78, 5) is 8.57. The Labute approximate surface area is 108 Å². The fourth-order valence-corrected chi connectivity index (χ4v) is 2.55. The van der Waals surface area contributed by atoms with E-state index >= 15 is 0 Å². The summed E-state index contributed by atoms with van der Waals surface area (Å²) in [6.07, 6.45) is 10.5. The summed E-state index contributed by atoms with van der Waals surface area (Å²) in [7, 11) is -3.42. The van der Waals surface area contributed by atoms with Crippen LogP contribution in [0.4, 0.5) is 0 Å². The van der Waals surface area contributed by atoms with Gasteiger partial charge in [-0.25, -0.2) is 0 Å². The van der Waals surface area contributed by atoms with Crippen LogP contribution >= 0.6 is 0 Å². The van der Waals surface area contributed by atoms with Crippen LogP contribution in [0.1, 0.15) is 49.4 Å². The molecule has 0 radical (unpaired) electrons. The van der Waals surface area contributed by atoms with E-state index in [4.69, 9.17) is 0 Å². The van der Waals surface area contributed by atoms with E-state index in [1.165, 1.54) is 32.1 Å². The van der Waals surface area contributed by atoms with Crippen molar-refractivity contribution in [1.82, 2.24) is 9.97 Å². The van der Waals surface area contributed by atoms with Gasteiger partial charge in [-0.3, -0.25) is 14.2 Å². The number of rotatable bonds is 4. The molecule has 1 heterocycles. The van der Waals surface area contributed by atoms with E-state index in [1.807, 2.05) is 0 Å². The van der Waals surface area contributed by atoms with Crippen LogP contribution in [0.25, 0.3) is 0 Å². The Morgan fingerprint density at radius 2 is 1.94 bits per heavy atom. The fourth-order valence-electron chi connectivity index (χ4n) is 2.22. The molecule has 1 aliphatic rings. The molecule has 5 nitrogen and oxygen atoms in total. The van der Waals surface area contributed by atoms with Crippen LogP contribution in [-0.4, -0.2) is 24.6 Å². The topological polar surface area (TPSA) is 69.2 Å². The van der Waals surface area contributed by atoms with Crippen molar-refractivity contribution in [2.75, 3.05) is 6.26 Å². The minimum atomic E-state index is -3.42. The Balaban J connectivity index is 1.96. The highest BCUT2D eigenvalue weighted by Crippen LogP contribution is 2.30. The zero-order chi connectivity index (χ0) is 13.0. The molecule has 1 fully saturated rings. The van der Waals surface area contributed by atoms with Gasteiger partial charge in [-0.05, 0) is 12.8 Å². The second-order valence-corrected chi connectivity index (χ2v) is 6.38. The van der Waals surface area contributed by atoms with Crippen LogP contribution in [0.2, 0.25) is 0 Å². The first-order valence-electron chi connectivity index (χ1n) is 6.20. The van der Waals surface area contributed by atoms with Gasteiger partial charge in [-0.2, -0.15) is 8.42 Å². The van der Waals surface area contributed by atoms with Crippen molar-refractivity contribution in [2.24, 2.45) is 0 Å². The molecular weight excluding hydrogens is 252 g/mol. The molecule has 1 aliphatic carbocycles. The van der Waals surface area contributed by atoms with Crippen molar-refractivity contribution in [3.63, 3.8) is 0 Å². The third-order valence-corrected chi connectivity index (χ3v) is 3.72. The van der Waals surface area contributed by atoms with Crippen LogP contribution in [0, 0.1) is 0 Å². The fraction of sp³-hybridized carbons (Fsp3) is 0.667. The van der Waals surface area contributed by atoms with Gasteiger partial charge in [0.1, 0.15) is 6.61 Å². The highest BCUT2D eigenvalue weighted by molar-refractivity contribution is 7.85. The lowest BCUT2D eigenvalue weighted by molar-refractivity contribution is 0.306. The van der Waals surface area contributed by atoms with Crippen molar-refractivity contribution < 1.29 is 12.6 Å². The molecule has 0 amide bonds. The number of hydrogen-bond acceptors (Lipinski definition) is 5. The number of nitrogens with zero attached hydrogens (tertiary/aromatic N) is 2. The molecule has 6 heteroatoms. The first-order chi connectivity index (χ1) is 8.54. The van der Waals surface area contributed by atoms with E-state index in [0.29, 0.717) is 11.6 Å². The maximum absolute atomic E-state index is 10.8. The minimum absolute atomic E-state index is 0.0449. The summed E-state index contributed by atoms with van der Waals surface area (Å²) < 4.78 is 26.4. The molecule has 0 saturated heterocycles. The van der Waals surface area contributed by atoms with Crippen molar-refractivity contribution in [3.05, 3.63) is 23.8 Å². The average molecular weight is 270 g/mol. The van der Waals surface area contributed by atoms with Gasteiger partial charge in [0.05, 0.1) is 23.8 Å². The third kappa shape index (κ3) is 4.03. The normalized spacial score (nSPS) is 17.8. The second kappa shape index (κ2) is 5.75. The predicted molar refractivity (Wildman–Crippen MR) is 67.5 cm³/mol. The van der Waals surface area contributed by atoms with Gasteiger partial charge < -0.3 is 0 Å². The molecule has 0 bridgehead atoms. The molecule has 0 aliphatic heterocycles. The lowest BCUT2D eigenvalue weighted by Crippen LogP contribution is -2.09. The molecule has 1 aromatic heterocycles. The molecule has 18 heavy (non-hydrogen) atoms. The lowest BCUT2D eigenvalue weighted by Gasteiger charge is -2.20. The predicted octanol–water partition coefficient (Wildman–Crippen LogP) is 2.00. The SMILES string of the molecule is CS(=O)(=O)OCc1cnc(C2CCCCC2)cn1. The van der Waals surface area contributed by atoms with Gasteiger partial charge in [0.2, 0.25) is 0 Å². The maximum atomic E-state index is 10.8. The molecule has 0 unspecified atom stereocenters. The van der Waals surface area contributed by atoms with E-state index < -0.39 is 10.1 Å². The van der Waals surface area contributed by atoms with Crippen LogP contribution in [0.15, 0.2) is 12.4 Å². The van der Waals surface area contributed by atoms with Crippen LogP contribution in [0.5, 0.6) is 0 Å². The Morgan fingerprint density at radius 3 is 2.50 bits per heavy atom. The zero-order valence-corrected chi connectivity index (χ0v) is 11.3. The number of aromatic nitrogens is 2. The molecule has 0 spiro atoms. The van der Waals surface area contributed by atoms with Crippen molar-refractivity contribution in [3.8, 4) is 0 Å². The van der Waals surface area contributed by atoms with E-state index in [9.17, 15) is 8.42 Å². The minimum Gasteiger partial charge on any atom is -0.264 e. The van der Waals surface area contributed by atoms with Gasteiger partial charge in [-0.1, -0.05) is 19.3 Å². The van der Waals surface area contributed by atoms with Gasteiger partial charge in [0.25, 0.3) is 10.1 Å². The Hall–Kier alpha value is -1.01. The number of hydrogen-bond donors (Lipinski definition) is 0. The first kappa shape index (κ1) is 13.4. The lowest BCUT2D eigenvalue weighted by atomic mass is 9.87. The third-order valence-electron chi connectivity index (χ3n) is 3.17. The summed E-state index contributed by atoms with van der Waals surface area (Å²) in [6.45, 7) is -0.0449. The van der Waals surface area contributed by atoms with E-state index in [0.717, 1.165) is 11.9 Å². The van der Waals surface area contributed by atoms with Crippen molar-refractivity contribution >= 4 is 10.1 Å². The van der Waals surface area contributed by atoms with Gasteiger partial charge in [0, 0.05) is 12.1 Å². The second-order valence-electron chi connectivity index (χ2n) is 4.73. The molecule has 0 atom stereocenters. The van der Waals surface area contributed by atoms with Crippen LogP contribution in [-0.2, 0) is 20.9 Å². The maximum Gasteiger partial charge on any atom is 0.264 e. The summed E-state index contributed by atoms with van der Waals surface area (Å²) in [6, 6.07) is 0. The van der Waals surface area contributed by atoms with Gasteiger partial charge >= 0.3 is 0 Å². The Morgan fingerprint density at radius 1 is 1.22 bits per heavy atom. The molecule has 1 aromatic rings. The largest absolute Gasteiger partial charge is 0.264 e. The van der Waals surface area contributed by atoms with Crippen LogP contribution < -0.4 is 0 Å². The van der Waals surface area contributed by atoms with Crippen LogP contribution in [0.3, 0.4) is 0 Å². The quantitative estimate of drug-likeness (QED) is 0.783. The molecule has 1 saturated carbocycles. The molecule has 100 valence electrons. The van der Waals surface area contributed by atoms with Crippen molar-refractivity contribution in [1.29, 1.82) is 0 Å².